The lowest BCUT2D eigenvalue weighted by Crippen LogP contribution is -2.41. The lowest BCUT2D eigenvalue weighted by molar-refractivity contribution is -0.140. The largest absolute Gasteiger partial charge is 0.490 e. The van der Waals surface area contributed by atoms with Gasteiger partial charge in [0.15, 0.2) is 0 Å². The summed E-state index contributed by atoms with van der Waals surface area (Å²) in [5.41, 5.74) is 0.499. The highest BCUT2D eigenvalue weighted by atomic mass is 19.4. The second-order valence-electron chi connectivity index (χ2n) is 8.90. The van der Waals surface area contributed by atoms with E-state index in [0.29, 0.717) is 35.8 Å². The topological polar surface area (TPSA) is 37.7 Å². The average Bonchev–Trinajstić information content (AvgIpc) is 3.35. The van der Waals surface area contributed by atoms with Crippen LogP contribution in [-0.2, 0) is 6.54 Å². The average molecular weight is 438 g/mol. The van der Waals surface area contributed by atoms with Crippen LogP contribution in [0.15, 0.2) is 24.3 Å². The van der Waals surface area contributed by atoms with Gasteiger partial charge in [-0.2, -0.15) is 13.2 Å². The molecule has 5 nitrogen and oxygen atoms in total. The monoisotopic (exact) mass is 437 g/mol. The van der Waals surface area contributed by atoms with Crippen LogP contribution in [0.5, 0.6) is 5.75 Å². The van der Waals surface area contributed by atoms with E-state index in [-0.39, 0.29) is 17.7 Å². The maximum absolute atomic E-state index is 13.3. The quantitative estimate of drug-likeness (QED) is 0.681. The molecule has 4 rings (SSSR count). The van der Waals surface area contributed by atoms with Gasteiger partial charge in [-0.15, -0.1) is 0 Å². The Hall–Kier alpha value is -2.22. The van der Waals surface area contributed by atoms with E-state index < -0.39 is 12.7 Å². The molecule has 3 heterocycles. The number of likely N-dealkylation sites (tertiary alicyclic amines) is 2. The molecule has 0 N–H and O–H groups in total. The van der Waals surface area contributed by atoms with E-state index in [2.05, 4.69) is 18.7 Å². The third-order valence-electron chi connectivity index (χ3n) is 6.33. The predicted octanol–water partition coefficient (Wildman–Crippen LogP) is 4.69. The second-order valence-corrected chi connectivity index (χ2v) is 8.90. The van der Waals surface area contributed by atoms with Gasteiger partial charge < -0.3 is 19.1 Å². The molecule has 0 radical (unpaired) electrons. The second kappa shape index (κ2) is 8.73. The molecule has 31 heavy (non-hydrogen) atoms. The van der Waals surface area contributed by atoms with Crippen molar-refractivity contribution in [1.29, 1.82) is 0 Å². The molecule has 0 unspecified atom stereocenters. The third kappa shape index (κ3) is 5.00. The Balaban J connectivity index is 1.58. The molecule has 2 aliphatic rings. The third-order valence-corrected chi connectivity index (χ3v) is 6.33. The van der Waals surface area contributed by atoms with Crippen LogP contribution in [0.2, 0.25) is 0 Å². The summed E-state index contributed by atoms with van der Waals surface area (Å²) >= 11 is 0. The van der Waals surface area contributed by atoms with Gasteiger partial charge in [-0.25, -0.2) is 0 Å². The van der Waals surface area contributed by atoms with E-state index >= 15 is 0 Å². The Morgan fingerprint density at radius 1 is 1.10 bits per heavy atom. The summed E-state index contributed by atoms with van der Waals surface area (Å²) in [5, 5.41) is 0.601. The van der Waals surface area contributed by atoms with Crippen molar-refractivity contribution in [2.75, 3.05) is 26.2 Å². The number of piperidine rings is 1. The number of rotatable bonds is 5. The molecule has 2 aliphatic heterocycles. The summed E-state index contributed by atoms with van der Waals surface area (Å²) in [4.78, 5) is 17.0. The van der Waals surface area contributed by atoms with Crippen LogP contribution in [-0.4, -0.2) is 64.8 Å². The minimum atomic E-state index is -4.41. The van der Waals surface area contributed by atoms with E-state index in [1.807, 2.05) is 0 Å². The fourth-order valence-electron chi connectivity index (χ4n) is 4.63. The zero-order chi connectivity index (χ0) is 22.2. The van der Waals surface area contributed by atoms with Gasteiger partial charge in [-0.05, 0) is 63.8 Å². The van der Waals surface area contributed by atoms with E-state index in [1.165, 1.54) is 0 Å². The number of benzene rings is 1. The van der Waals surface area contributed by atoms with Crippen LogP contribution < -0.4 is 4.74 Å². The van der Waals surface area contributed by atoms with E-state index in [1.54, 1.807) is 29.2 Å². The lowest BCUT2D eigenvalue weighted by Gasteiger charge is -2.34. The number of alkyl halides is 3. The van der Waals surface area contributed by atoms with Crippen molar-refractivity contribution in [3.05, 3.63) is 30.0 Å². The van der Waals surface area contributed by atoms with Crippen molar-refractivity contribution < 1.29 is 22.7 Å². The van der Waals surface area contributed by atoms with Crippen LogP contribution in [0.1, 0.15) is 50.0 Å². The molecule has 1 amide bonds. The molecule has 0 aliphatic carbocycles. The number of ether oxygens (including phenoxy) is 1. The Bertz CT molecular complexity index is 924. The molecule has 2 aromatic rings. The molecule has 0 spiro atoms. The van der Waals surface area contributed by atoms with Gasteiger partial charge in [0.05, 0.1) is 0 Å². The van der Waals surface area contributed by atoms with Crippen molar-refractivity contribution >= 4 is 16.8 Å². The summed E-state index contributed by atoms with van der Waals surface area (Å²) in [7, 11) is 0. The van der Waals surface area contributed by atoms with Crippen LogP contribution in [0.3, 0.4) is 0 Å². The molecule has 2 fully saturated rings. The molecule has 0 atom stereocenters. The SMILES string of the molecule is CC(C)N1CCC(Oc2ccc3c(c2)cc(C(=O)N2CCCC2)n3CC(F)(F)F)CC1. The molecular formula is C23H30F3N3O2. The molecule has 0 bridgehead atoms. The predicted molar refractivity (Wildman–Crippen MR) is 113 cm³/mol. The Kier molecular flexibility index (Phi) is 6.19. The number of aromatic nitrogens is 1. The van der Waals surface area contributed by atoms with Crippen LogP contribution in [0, 0.1) is 0 Å². The van der Waals surface area contributed by atoms with E-state index in [9.17, 15) is 18.0 Å². The normalized spacial score (nSPS) is 19.0. The first-order valence-corrected chi connectivity index (χ1v) is 11.1. The number of carbonyl (C=O) groups is 1. The Morgan fingerprint density at radius 2 is 1.77 bits per heavy atom. The first-order chi connectivity index (χ1) is 14.7. The van der Waals surface area contributed by atoms with Crippen LogP contribution >= 0.6 is 0 Å². The number of nitrogens with zero attached hydrogens (tertiary/aromatic N) is 3. The fourth-order valence-corrected chi connectivity index (χ4v) is 4.63. The minimum absolute atomic E-state index is 0.0930. The molecule has 170 valence electrons. The van der Waals surface area contributed by atoms with Crippen molar-refractivity contribution in [1.82, 2.24) is 14.4 Å². The highest BCUT2D eigenvalue weighted by Gasteiger charge is 2.32. The van der Waals surface area contributed by atoms with Crippen molar-refractivity contribution in [2.24, 2.45) is 0 Å². The van der Waals surface area contributed by atoms with Gasteiger partial charge in [-0.3, -0.25) is 4.79 Å². The smallest absolute Gasteiger partial charge is 0.406 e. The Labute approximate surface area is 180 Å². The summed E-state index contributed by atoms with van der Waals surface area (Å²) in [6.07, 6.45) is -0.701. The van der Waals surface area contributed by atoms with Crippen molar-refractivity contribution in [3.8, 4) is 5.75 Å². The van der Waals surface area contributed by atoms with Gasteiger partial charge >= 0.3 is 6.18 Å². The molecule has 8 heteroatoms. The van der Waals surface area contributed by atoms with Gasteiger partial charge in [0.2, 0.25) is 0 Å². The highest BCUT2D eigenvalue weighted by Crippen LogP contribution is 2.30. The fraction of sp³-hybridized carbons (Fsp3) is 0.609. The minimum Gasteiger partial charge on any atom is -0.490 e. The molecule has 2 saturated heterocycles. The van der Waals surface area contributed by atoms with Crippen LogP contribution in [0.25, 0.3) is 10.9 Å². The number of fused-ring (bicyclic) bond motifs is 1. The number of carbonyl (C=O) groups excluding carboxylic acids is 1. The molecule has 0 saturated carbocycles. The number of amides is 1. The lowest BCUT2D eigenvalue weighted by atomic mass is 10.1. The van der Waals surface area contributed by atoms with Gasteiger partial charge in [0.1, 0.15) is 24.1 Å². The first kappa shape index (κ1) is 22.0. The molecule has 1 aromatic carbocycles. The molecular weight excluding hydrogens is 407 g/mol. The van der Waals surface area contributed by atoms with Gasteiger partial charge in [0, 0.05) is 43.1 Å². The van der Waals surface area contributed by atoms with E-state index in [4.69, 9.17) is 4.74 Å². The summed E-state index contributed by atoms with van der Waals surface area (Å²) < 4.78 is 47.1. The summed E-state index contributed by atoms with van der Waals surface area (Å²) in [6.45, 7) is 6.32. The Morgan fingerprint density at radius 3 is 2.39 bits per heavy atom. The van der Waals surface area contributed by atoms with E-state index in [0.717, 1.165) is 43.3 Å². The highest BCUT2D eigenvalue weighted by molar-refractivity contribution is 5.99. The number of halogens is 3. The summed E-state index contributed by atoms with van der Waals surface area (Å²) in [6, 6.07) is 7.21. The maximum atomic E-state index is 13.3. The number of hydrogen-bond acceptors (Lipinski definition) is 3. The molecule has 1 aromatic heterocycles. The maximum Gasteiger partial charge on any atom is 0.406 e. The zero-order valence-electron chi connectivity index (χ0n) is 18.1. The summed E-state index contributed by atoms with van der Waals surface area (Å²) in [5.74, 6) is 0.307. The van der Waals surface area contributed by atoms with Crippen molar-refractivity contribution in [2.45, 2.75) is 64.4 Å². The first-order valence-electron chi connectivity index (χ1n) is 11.1. The van der Waals surface area contributed by atoms with Crippen molar-refractivity contribution in [3.63, 3.8) is 0 Å². The van der Waals surface area contributed by atoms with Gasteiger partial charge in [-0.1, -0.05) is 0 Å². The van der Waals surface area contributed by atoms with Crippen LogP contribution in [0.4, 0.5) is 13.2 Å². The van der Waals surface area contributed by atoms with Gasteiger partial charge in [0.25, 0.3) is 5.91 Å². The standard InChI is InChI=1S/C23H30F3N3O2/c1-16(2)27-11-7-18(8-12-27)31-19-5-6-20-17(13-19)14-21(29(20)15-23(24,25)26)22(30)28-9-3-4-10-28/h5-6,13-14,16,18H,3-4,7-12,15H2,1-2H3. The number of hydrogen-bond donors (Lipinski definition) is 0. The zero-order valence-corrected chi connectivity index (χ0v) is 18.1.